The van der Waals surface area contributed by atoms with E-state index in [9.17, 15) is 8.78 Å². The molecule has 0 fully saturated rings. The second kappa shape index (κ2) is 10.4. The van der Waals surface area contributed by atoms with Gasteiger partial charge in [0.2, 0.25) is 5.95 Å². The Bertz CT molecular complexity index is 1260. The summed E-state index contributed by atoms with van der Waals surface area (Å²) in [7, 11) is 0. The van der Waals surface area contributed by atoms with Gasteiger partial charge in [-0.1, -0.05) is 41.8 Å². The van der Waals surface area contributed by atoms with Crippen LogP contribution in [-0.2, 0) is 13.1 Å². The second-order valence-corrected chi connectivity index (χ2v) is 8.35. The highest BCUT2D eigenvalue weighted by molar-refractivity contribution is 6.39. The van der Waals surface area contributed by atoms with Gasteiger partial charge in [0.15, 0.2) is 17.3 Å². The minimum absolute atomic E-state index is 0.233. The summed E-state index contributed by atoms with van der Waals surface area (Å²) in [4.78, 5) is 13.7. The van der Waals surface area contributed by atoms with Crippen LogP contribution >= 0.6 is 23.2 Å². The zero-order chi connectivity index (χ0) is 23.4. The first-order valence-electron chi connectivity index (χ1n) is 10.5. The molecule has 2 heterocycles. The molecule has 172 valence electrons. The van der Waals surface area contributed by atoms with Gasteiger partial charge in [0.05, 0.1) is 21.8 Å². The highest BCUT2D eigenvalue weighted by Gasteiger charge is 2.19. The number of hydrogen-bond donors (Lipinski definition) is 2. The first-order valence-corrected chi connectivity index (χ1v) is 11.3. The number of halogens is 4. The summed E-state index contributed by atoms with van der Waals surface area (Å²) in [6.07, 6.45) is 4.36. The molecule has 3 N–H and O–H groups in total. The number of hydrogen-bond acceptors (Lipinski definition) is 5. The van der Waals surface area contributed by atoms with Gasteiger partial charge in [0.1, 0.15) is 11.3 Å². The molecule has 0 spiro atoms. The van der Waals surface area contributed by atoms with Gasteiger partial charge in [0.25, 0.3) is 0 Å². The van der Waals surface area contributed by atoms with Crippen LogP contribution in [0.25, 0.3) is 22.6 Å². The molecule has 0 bridgehead atoms. The lowest BCUT2D eigenvalue weighted by Crippen LogP contribution is -2.07. The van der Waals surface area contributed by atoms with Crippen molar-refractivity contribution in [3.8, 4) is 11.4 Å². The minimum atomic E-state index is -0.900. The maximum Gasteiger partial charge on any atom is 0.225 e. The van der Waals surface area contributed by atoms with E-state index in [1.54, 1.807) is 24.4 Å². The Labute approximate surface area is 199 Å². The summed E-state index contributed by atoms with van der Waals surface area (Å²) in [5, 5.41) is 4.04. The average molecular weight is 491 g/mol. The smallest absolute Gasteiger partial charge is 0.225 e. The molecule has 0 radical (unpaired) electrons. The molecule has 0 aliphatic rings. The van der Waals surface area contributed by atoms with Crippen molar-refractivity contribution in [2.24, 2.45) is 5.73 Å². The van der Waals surface area contributed by atoms with Gasteiger partial charge in [-0.2, -0.15) is 4.98 Å². The van der Waals surface area contributed by atoms with Crippen molar-refractivity contribution < 1.29 is 8.78 Å². The van der Waals surface area contributed by atoms with E-state index >= 15 is 0 Å². The van der Waals surface area contributed by atoms with Gasteiger partial charge in [-0.05, 0) is 49.2 Å². The Morgan fingerprint density at radius 1 is 0.970 bits per heavy atom. The fourth-order valence-corrected chi connectivity index (χ4v) is 4.11. The Morgan fingerprint density at radius 3 is 2.48 bits per heavy atom. The number of nitrogens with two attached hydrogens (primary N) is 1. The monoisotopic (exact) mass is 490 g/mol. The van der Waals surface area contributed by atoms with Gasteiger partial charge in [-0.3, -0.25) is 0 Å². The molecule has 2 aromatic carbocycles. The number of fused-ring (bicyclic) bond motifs is 1. The van der Waals surface area contributed by atoms with E-state index in [1.807, 2.05) is 4.57 Å². The van der Waals surface area contributed by atoms with Crippen molar-refractivity contribution in [2.45, 2.75) is 32.4 Å². The summed E-state index contributed by atoms with van der Waals surface area (Å²) in [5.74, 6) is -0.837. The molecule has 6 nitrogen and oxygen atoms in total. The van der Waals surface area contributed by atoms with Crippen LogP contribution in [0, 0.1) is 11.6 Å². The fraction of sp³-hybridized carbons (Fsp3) is 0.261. The zero-order valence-electron chi connectivity index (χ0n) is 17.7. The topological polar surface area (TPSA) is 81.7 Å². The molecule has 33 heavy (non-hydrogen) atoms. The summed E-state index contributed by atoms with van der Waals surface area (Å²) >= 11 is 12.9. The normalized spacial score (nSPS) is 11.3. The molecule has 0 aliphatic carbocycles. The van der Waals surface area contributed by atoms with E-state index in [4.69, 9.17) is 33.9 Å². The zero-order valence-corrected chi connectivity index (χ0v) is 19.2. The van der Waals surface area contributed by atoms with Gasteiger partial charge in [0, 0.05) is 13.1 Å². The predicted octanol–water partition coefficient (Wildman–Crippen LogP) is 5.82. The molecule has 10 heteroatoms. The first-order chi connectivity index (χ1) is 16.0. The predicted molar refractivity (Wildman–Crippen MR) is 127 cm³/mol. The van der Waals surface area contributed by atoms with Crippen molar-refractivity contribution in [1.82, 2.24) is 19.5 Å². The molecule has 0 amide bonds. The maximum absolute atomic E-state index is 13.5. The summed E-state index contributed by atoms with van der Waals surface area (Å²) in [6, 6.07) is 9.04. The highest BCUT2D eigenvalue weighted by atomic mass is 35.5. The van der Waals surface area contributed by atoms with E-state index in [2.05, 4.69) is 15.3 Å². The molecule has 0 atom stereocenters. The Hall–Kier alpha value is -2.81. The Morgan fingerprint density at radius 2 is 1.76 bits per heavy atom. The van der Waals surface area contributed by atoms with Crippen LogP contribution in [0.15, 0.2) is 42.6 Å². The molecule has 0 unspecified atom stereocenters. The lowest BCUT2D eigenvalue weighted by atomic mass is 10.2. The van der Waals surface area contributed by atoms with E-state index in [0.29, 0.717) is 57.2 Å². The molecule has 4 aromatic rings. The summed E-state index contributed by atoms with van der Waals surface area (Å²) in [6.45, 7) is 1.51. The number of rotatable bonds is 9. The van der Waals surface area contributed by atoms with Crippen molar-refractivity contribution in [3.05, 3.63) is 69.8 Å². The van der Waals surface area contributed by atoms with Crippen LogP contribution in [0.5, 0.6) is 0 Å². The largest absolute Gasteiger partial charge is 0.350 e. The van der Waals surface area contributed by atoms with Gasteiger partial charge >= 0.3 is 0 Å². The third kappa shape index (κ3) is 5.24. The van der Waals surface area contributed by atoms with Crippen LogP contribution in [-0.4, -0.2) is 26.1 Å². The van der Waals surface area contributed by atoms with E-state index in [1.165, 1.54) is 6.07 Å². The molecule has 0 aliphatic heterocycles. The van der Waals surface area contributed by atoms with Gasteiger partial charge in [-0.15, -0.1) is 0 Å². The van der Waals surface area contributed by atoms with Crippen molar-refractivity contribution in [1.29, 1.82) is 0 Å². The number of aryl methyl sites for hydroxylation is 1. The molecule has 0 saturated heterocycles. The number of imidazole rings is 1. The molecule has 2 aromatic heterocycles. The number of unbranched alkanes of at least 4 members (excludes halogenated alkanes) is 2. The fourth-order valence-electron chi connectivity index (χ4n) is 3.54. The number of nitrogens with one attached hydrogen (secondary N) is 1. The second-order valence-electron chi connectivity index (χ2n) is 7.54. The first kappa shape index (κ1) is 23.4. The standard InChI is InChI=1S/C23H22Cl2F2N6/c24-15-5-4-6-16(25)20(15)22-31-19-13-30-23(29-12-14-7-8-17(26)18(27)11-14)32-21(19)33(22)10-3-1-2-9-28/h4-8,11,13H,1-3,9-10,12,28H2,(H,29,30,32). The lowest BCUT2D eigenvalue weighted by Gasteiger charge is -2.11. The van der Waals surface area contributed by atoms with Crippen molar-refractivity contribution in [3.63, 3.8) is 0 Å². The maximum atomic E-state index is 13.5. The number of benzene rings is 2. The molecule has 0 saturated carbocycles. The van der Waals surface area contributed by atoms with Crippen molar-refractivity contribution >= 4 is 40.3 Å². The Kier molecular flexibility index (Phi) is 7.37. The SMILES string of the molecule is NCCCCCn1c(-c2c(Cl)cccc2Cl)nc2cnc(NCc3ccc(F)c(F)c3)nc21. The van der Waals surface area contributed by atoms with E-state index in [0.717, 1.165) is 31.4 Å². The van der Waals surface area contributed by atoms with Crippen LogP contribution in [0.3, 0.4) is 0 Å². The van der Waals surface area contributed by atoms with Crippen LogP contribution in [0.4, 0.5) is 14.7 Å². The minimum Gasteiger partial charge on any atom is -0.350 e. The van der Waals surface area contributed by atoms with E-state index in [-0.39, 0.29) is 6.54 Å². The third-order valence-corrected chi connectivity index (χ3v) is 5.82. The number of anilines is 1. The number of aromatic nitrogens is 4. The highest BCUT2D eigenvalue weighted by Crippen LogP contribution is 2.35. The van der Waals surface area contributed by atoms with Gasteiger partial charge in [-0.25, -0.2) is 18.7 Å². The summed E-state index contributed by atoms with van der Waals surface area (Å²) in [5.41, 5.74) is 8.05. The van der Waals surface area contributed by atoms with Crippen LogP contribution < -0.4 is 11.1 Å². The van der Waals surface area contributed by atoms with E-state index < -0.39 is 11.6 Å². The molecular weight excluding hydrogens is 469 g/mol. The average Bonchev–Trinajstić information content (AvgIpc) is 3.14. The number of nitrogens with zero attached hydrogens (tertiary/aromatic N) is 4. The summed E-state index contributed by atoms with van der Waals surface area (Å²) < 4.78 is 28.6. The lowest BCUT2D eigenvalue weighted by molar-refractivity contribution is 0.507. The molecular formula is C23H22Cl2F2N6. The molecule has 4 rings (SSSR count). The Balaban J connectivity index is 1.69. The van der Waals surface area contributed by atoms with Crippen molar-refractivity contribution in [2.75, 3.05) is 11.9 Å². The van der Waals surface area contributed by atoms with Gasteiger partial charge < -0.3 is 15.6 Å². The quantitative estimate of drug-likeness (QED) is 0.289. The van der Waals surface area contributed by atoms with Crippen LogP contribution in [0.1, 0.15) is 24.8 Å². The van der Waals surface area contributed by atoms with Crippen LogP contribution in [0.2, 0.25) is 10.0 Å². The third-order valence-electron chi connectivity index (χ3n) is 5.19.